The van der Waals surface area contributed by atoms with Crippen molar-refractivity contribution in [3.63, 3.8) is 0 Å². The molecule has 3 heteroatoms. The molecule has 3 nitrogen and oxygen atoms in total. The normalized spacial score (nSPS) is 10.4. The first kappa shape index (κ1) is 15.3. The maximum absolute atomic E-state index is 12.2. The lowest BCUT2D eigenvalue weighted by molar-refractivity contribution is 0.0950. The summed E-state index contributed by atoms with van der Waals surface area (Å²) in [6, 6.07) is 14.1. The predicted octanol–water partition coefficient (Wildman–Crippen LogP) is 2.73. The Balaban J connectivity index is 1.97. The molecule has 2 aromatic rings. The molecule has 0 saturated heterocycles. The molecule has 0 heterocycles. The Bertz CT molecular complexity index is 618. The molecule has 21 heavy (non-hydrogen) atoms. The molecule has 0 spiro atoms. The average Bonchev–Trinajstić information content (AvgIpc) is 2.46. The summed E-state index contributed by atoms with van der Waals surface area (Å²) in [5.41, 5.74) is 10.8. The summed E-state index contributed by atoms with van der Waals surface area (Å²) in [6.07, 6.45) is 0.884. The highest BCUT2D eigenvalue weighted by atomic mass is 16.1. The van der Waals surface area contributed by atoms with E-state index in [2.05, 4.69) is 17.4 Å². The third-order valence-electron chi connectivity index (χ3n) is 3.54. The summed E-state index contributed by atoms with van der Waals surface area (Å²) in [7, 11) is 0. The summed E-state index contributed by atoms with van der Waals surface area (Å²) in [5.74, 6) is -0.0291. The number of rotatable bonds is 5. The first-order valence-electron chi connectivity index (χ1n) is 7.23. The van der Waals surface area contributed by atoms with Gasteiger partial charge in [0.1, 0.15) is 0 Å². The Morgan fingerprint density at radius 1 is 1.05 bits per heavy atom. The van der Waals surface area contributed by atoms with Crippen LogP contribution in [-0.2, 0) is 13.0 Å². The van der Waals surface area contributed by atoms with Crippen molar-refractivity contribution < 1.29 is 4.79 Å². The number of amides is 1. The number of hydrogen-bond donors (Lipinski definition) is 2. The molecular weight excluding hydrogens is 260 g/mol. The lowest BCUT2D eigenvalue weighted by Gasteiger charge is -2.09. The van der Waals surface area contributed by atoms with E-state index < -0.39 is 0 Å². The van der Waals surface area contributed by atoms with E-state index >= 15 is 0 Å². The fraction of sp³-hybridized carbons (Fsp3) is 0.278. The van der Waals surface area contributed by atoms with Crippen LogP contribution in [0.5, 0.6) is 0 Å². The van der Waals surface area contributed by atoms with Gasteiger partial charge in [-0.1, -0.05) is 42.0 Å². The summed E-state index contributed by atoms with van der Waals surface area (Å²) in [5, 5.41) is 2.96. The Morgan fingerprint density at radius 2 is 1.71 bits per heavy atom. The van der Waals surface area contributed by atoms with Gasteiger partial charge in [0.05, 0.1) is 0 Å². The third-order valence-corrected chi connectivity index (χ3v) is 3.54. The van der Waals surface area contributed by atoms with Gasteiger partial charge in [-0.3, -0.25) is 4.79 Å². The van der Waals surface area contributed by atoms with Crippen molar-refractivity contribution in [2.24, 2.45) is 5.73 Å². The zero-order valence-electron chi connectivity index (χ0n) is 12.6. The first-order valence-corrected chi connectivity index (χ1v) is 7.23. The number of aryl methyl sites for hydroxylation is 2. The average molecular weight is 282 g/mol. The largest absolute Gasteiger partial charge is 0.348 e. The van der Waals surface area contributed by atoms with E-state index in [1.807, 2.05) is 44.2 Å². The number of carbonyl (C=O) groups is 1. The molecule has 0 aliphatic rings. The van der Waals surface area contributed by atoms with Crippen LogP contribution in [0.2, 0.25) is 0 Å². The lowest BCUT2D eigenvalue weighted by atomic mass is 10.0. The Labute approximate surface area is 126 Å². The minimum absolute atomic E-state index is 0.0291. The predicted molar refractivity (Wildman–Crippen MR) is 86.3 cm³/mol. The van der Waals surface area contributed by atoms with Crippen molar-refractivity contribution in [2.45, 2.75) is 26.8 Å². The van der Waals surface area contributed by atoms with E-state index in [4.69, 9.17) is 5.73 Å². The van der Waals surface area contributed by atoms with Crippen LogP contribution in [0.4, 0.5) is 0 Å². The molecule has 0 atom stereocenters. The van der Waals surface area contributed by atoms with E-state index in [-0.39, 0.29) is 5.91 Å². The van der Waals surface area contributed by atoms with Crippen LogP contribution in [0.25, 0.3) is 0 Å². The molecule has 0 fully saturated rings. The highest BCUT2D eigenvalue weighted by molar-refractivity contribution is 5.95. The molecule has 2 rings (SSSR count). The summed E-state index contributed by atoms with van der Waals surface area (Å²) in [6.45, 7) is 5.18. The highest BCUT2D eigenvalue weighted by Gasteiger charge is 2.08. The summed E-state index contributed by atoms with van der Waals surface area (Å²) >= 11 is 0. The number of carbonyl (C=O) groups excluding carboxylic acids is 1. The number of hydrogen-bond acceptors (Lipinski definition) is 2. The van der Waals surface area contributed by atoms with Gasteiger partial charge in [-0.15, -0.1) is 0 Å². The van der Waals surface area contributed by atoms with Gasteiger partial charge in [0.15, 0.2) is 0 Å². The minimum atomic E-state index is -0.0291. The molecule has 2 aromatic carbocycles. The Kier molecular flexibility index (Phi) is 5.12. The van der Waals surface area contributed by atoms with Gasteiger partial charge >= 0.3 is 0 Å². The maximum atomic E-state index is 12.2. The van der Waals surface area contributed by atoms with Gasteiger partial charge in [-0.25, -0.2) is 0 Å². The molecule has 0 aromatic heterocycles. The van der Waals surface area contributed by atoms with E-state index in [1.165, 1.54) is 11.1 Å². The second-order valence-electron chi connectivity index (χ2n) is 5.36. The molecule has 0 bridgehead atoms. The van der Waals surface area contributed by atoms with Crippen LogP contribution in [0, 0.1) is 13.8 Å². The number of nitrogens with one attached hydrogen (secondary N) is 1. The zero-order valence-corrected chi connectivity index (χ0v) is 12.6. The molecule has 0 saturated carbocycles. The third kappa shape index (κ3) is 4.17. The van der Waals surface area contributed by atoms with Gasteiger partial charge in [0.2, 0.25) is 0 Å². The number of nitrogens with two attached hydrogens (primary N) is 1. The zero-order chi connectivity index (χ0) is 15.2. The van der Waals surface area contributed by atoms with Gasteiger partial charge in [0.25, 0.3) is 5.91 Å². The van der Waals surface area contributed by atoms with Gasteiger partial charge in [0, 0.05) is 12.1 Å². The second kappa shape index (κ2) is 7.04. The van der Waals surface area contributed by atoms with Crippen molar-refractivity contribution in [3.05, 3.63) is 70.3 Å². The fourth-order valence-corrected chi connectivity index (χ4v) is 2.34. The SMILES string of the molecule is Cc1ccc(C(=O)NCc2ccc(CCN)cc2)c(C)c1. The van der Waals surface area contributed by atoms with Crippen LogP contribution < -0.4 is 11.1 Å². The maximum Gasteiger partial charge on any atom is 0.251 e. The van der Waals surface area contributed by atoms with Crippen molar-refractivity contribution in [1.29, 1.82) is 0 Å². The molecule has 110 valence electrons. The van der Waals surface area contributed by atoms with Crippen LogP contribution in [0.3, 0.4) is 0 Å². The molecule has 0 aliphatic heterocycles. The van der Waals surface area contributed by atoms with Gasteiger partial charge < -0.3 is 11.1 Å². The summed E-state index contributed by atoms with van der Waals surface area (Å²) < 4.78 is 0. The van der Waals surface area contributed by atoms with E-state index in [0.717, 1.165) is 23.1 Å². The van der Waals surface area contributed by atoms with Crippen molar-refractivity contribution in [2.75, 3.05) is 6.54 Å². The van der Waals surface area contributed by atoms with Crippen LogP contribution in [0.1, 0.15) is 32.6 Å². The highest BCUT2D eigenvalue weighted by Crippen LogP contribution is 2.11. The monoisotopic (exact) mass is 282 g/mol. The van der Waals surface area contributed by atoms with E-state index in [0.29, 0.717) is 13.1 Å². The van der Waals surface area contributed by atoms with Gasteiger partial charge in [-0.05, 0) is 49.6 Å². The van der Waals surface area contributed by atoms with E-state index in [1.54, 1.807) is 0 Å². The van der Waals surface area contributed by atoms with Gasteiger partial charge in [-0.2, -0.15) is 0 Å². The topological polar surface area (TPSA) is 55.1 Å². The van der Waals surface area contributed by atoms with Crippen LogP contribution in [0.15, 0.2) is 42.5 Å². The van der Waals surface area contributed by atoms with Crippen molar-refractivity contribution >= 4 is 5.91 Å². The standard InChI is InChI=1S/C18H22N2O/c1-13-3-8-17(14(2)11-13)18(21)20-12-16-6-4-15(5-7-16)9-10-19/h3-8,11H,9-10,12,19H2,1-2H3,(H,20,21). The number of benzene rings is 2. The van der Waals surface area contributed by atoms with Crippen molar-refractivity contribution in [1.82, 2.24) is 5.32 Å². The lowest BCUT2D eigenvalue weighted by Crippen LogP contribution is -2.23. The Hall–Kier alpha value is -2.13. The van der Waals surface area contributed by atoms with E-state index in [9.17, 15) is 4.79 Å². The molecule has 0 aliphatic carbocycles. The Morgan fingerprint density at radius 3 is 2.33 bits per heavy atom. The summed E-state index contributed by atoms with van der Waals surface area (Å²) in [4.78, 5) is 12.2. The van der Waals surface area contributed by atoms with Crippen LogP contribution in [-0.4, -0.2) is 12.5 Å². The van der Waals surface area contributed by atoms with Crippen molar-refractivity contribution in [3.8, 4) is 0 Å². The first-order chi connectivity index (χ1) is 10.1. The second-order valence-corrected chi connectivity index (χ2v) is 5.36. The fourth-order valence-electron chi connectivity index (χ4n) is 2.34. The molecular formula is C18H22N2O. The van der Waals surface area contributed by atoms with Crippen LogP contribution >= 0.6 is 0 Å². The minimum Gasteiger partial charge on any atom is -0.348 e. The molecule has 0 radical (unpaired) electrons. The smallest absolute Gasteiger partial charge is 0.251 e. The molecule has 3 N–H and O–H groups in total. The molecule has 1 amide bonds. The molecule has 0 unspecified atom stereocenters. The quantitative estimate of drug-likeness (QED) is 0.886.